The Hall–Kier alpha value is -2.27. The van der Waals surface area contributed by atoms with Crippen LogP contribution in [0, 0.1) is 0 Å². The number of halogens is 1. The number of pyridine rings is 1. The number of benzene rings is 1. The minimum atomic E-state index is 0.434. The van der Waals surface area contributed by atoms with E-state index in [1.807, 2.05) is 28.8 Å². The number of nitrogen functional groups attached to an aromatic ring is 1. The molecule has 0 aliphatic heterocycles. The lowest BCUT2D eigenvalue weighted by Crippen LogP contribution is -2.04. The highest BCUT2D eigenvalue weighted by Crippen LogP contribution is 2.25. The molecular weight excluding hydrogens is 276 g/mol. The topological polar surface area (TPSA) is 66.0 Å². The zero-order valence-electron chi connectivity index (χ0n) is 10.9. The van der Waals surface area contributed by atoms with Crippen molar-refractivity contribution in [3.63, 3.8) is 0 Å². The summed E-state index contributed by atoms with van der Waals surface area (Å²) >= 11 is 6.12. The van der Waals surface area contributed by atoms with E-state index < -0.39 is 0 Å². The van der Waals surface area contributed by atoms with Gasteiger partial charge in [-0.1, -0.05) is 23.7 Å². The van der Waals surface area contributed by atoms with E-state index in [0.29, 0.717) is 28.9 Å². The SMILES string of the molecule is COc1ccc(Cn2c(N)nc3c(Cl)cccc32)cn1. The Kier molecular flexibility index (Phi) is 3.20. The highest BCUT2D eigenvalue weighted by Gasteiger charge is 2.11. The Balaban J connectivity index is 2.01. The van der Waals surface area contributed by atoms with Gasteiger partial charge in [-0.15, -0.1) is 0 Å². The first kappa shape index (κ1) is 12.7. The number of ether oxygens (including phenoxy) is 1. The molecule has 0 bridgehead atoms. The molecule has 1 aromatic carbocycles. The molecule has 6 heteroatoms. The molecule has 20 heavy (non-hydrogen) atoms. The van der Waals surface area contributed by atoms with Gasteiger partial charge in [0.1, 0.15) is 5.52 Å². The van der Waals surface area contributed by atoms with Gasteiger partial charge in [0.25, 0.3) is 0 Å². The lowest BCUT2D eigenvalue weighted by molar-refractivity contribution is 0.397. The molecule has 0 saturated heterocycles. The molecule has 0 unspecified atom stereocenters. The molecule has 2 aromatic heterocycles. The van der Waals surface area contributed by atoms with Gasteiger partial charge in [0, 0.05) is 12.3 Å². The van der Waals surface area contributed by atoms with Crippen LogP contribution in [0.4, 0.5) is 5.95 Å². The second-order valence-electron chi connectivity index (χ2n) is 4.37. The summed E-state index contributed by atoms with van der Waals surface area (Å²) in [6, 6.07) is 9.39. The van der Waals surface area contributed by atoms with Crippen molar-refractivity contribution in [3.05, 3.63) is 47.1 Å². The van der Waals surface area contributed by atoms with Crippen molar-refractivity contribution < 1.29 is 4.74 Å². The van der Waals surface area contributed by atoms with Crippen molar-refractivity contribution >= 4 is 28.6 Å². The number of anilines is 1. The minimum absolute atomic E-state index is 0.434. The van der Waals surface area contributed by atoms with Crippen LogP contribution in [-0.2, 0) is 6.54 Å². The van der Waals surface area contributed by atoms with Gasteiger partial charge in [-0.3, -0.25) is 0 Å². The Bertz CT molecular complexity index is 752. The minimum Gasteiger partial charge on any atom is -0.481 e. The summed E-state index contributed by atoms with van der Waals surface area (Å²) in [4.78, 5) is 8.49. The summed E-state index contributed by atoms with van der Waals surface area (Å²) in [5.41, 5.74) is 8.61. The van der Waals surface area contributed by atoms with Crippen LogP contribution >= 0.6 is 11.6 Å². The van der Waals surface area contributed by atoms with Gasteiger partial charge < -0.3 is 15.0 Å². The molecule has 2 N–H and O–H groups in total. The normalized spacial score (nSPS) is 10.9. The van der Waals surface area contributed by atoms with Gasteiger partial charge in [0.15, 0.2) is 0 Å². The number of hydrogen-bond donors (Lipinski definition) is 1. The van der Waals surface area contributed by atoms with E-state index in [9.17, 15) is 0 Å². The molecule has 0 amide bonds. The van der Waals surface area contributed by atoms with Gasteiger partial charge in [-0.25, -0.2) is 9.97 Å². The molecule has 0 saturated carbocycles. The molecular formula is C14H13ClN4O. The molecule has 102 valence electrons. The van der Waals surface area contributed by atoms with Crippen molar-refractivity contribution in [2.45, 2.75) is 6.54 Å². The Morgan fingerprint density at radius 1 is 1.30 bits per heavy atom. The van der Waals surface area contributed by atoms with E-state index >= 15 is 0 Å². The van der Waals surface area contributed by atoms with Gasteiger partial charge in [-0.2, -0.15) is 0 Å². The van der Waals surface area contributed by atoms with Crippen LogP contribution in [0.3, 0.4) is 0 Å². The van der Waals surface area contributed by atoms with Crippen molar-refractivity contribution in [1.29, 1.82) is 0 Å². The van der Waals surface area contributed by atoms with Crippen molar-refractivity contribution in [1.82, 2.24) is 14.5 Å². The standard InChI is InChI=1S/C14H13ClN4O/c1-20-12-6-5-9(7-17-12)8-19-11-4-2-3-10(15)13(11)18-14(19)16/h2-7H,8H2,1H3,(H2,16,18). The molecule has 0 aliphatic carbocycles. The number of nitrogens with zero attached hydrogens (tertiary/aromatic N) is 3. The molecule has 5 nitrogen and oxygen atoms in total. The third-order valence-electron chi connectivity index (χ3n) is 3.11. The first-order valence-corrected chi connectivity index (χ1v) is 6.46. The van der Waals surface area contributed by atoms with Gasteiger partial charge in [0.05, 0.1) is 24.2 Å². The van der Waals surface area contributed by atoms with E-state index in [2.05, 4.69) is 9.97 Å². The van der Waals surface area contributed by atoms with E-state index in [1.54, 1.807) is 19.4 Å². The van der Waals surface area contributed by atoms with Crippen molar-refractivity contribution in [3.8, 4) is 5.88 Å². The number of hydrogen-bond acceptors (Lipinski definition) is 4. The maximum atomic E-state index is 6.12. The number of nitrogens with two attached hydrogens (primary N) is 1. The van der Waals surface area contributed by atoms with Crippen molar-refractivity contribution in [2.24, 2.45) is 0 Å². The largest absolute Gasteiger partial charge is 0.481 e. The third kappa shape index (κ3) is 2.16. The zero-order chi connectivity index (χ0) is 14.1. The highest BCUT2D eigenvalue weighted by molar-refractivity contribution is 6.35. The second-order valence-corrected chi connectivity index (χ2v) is 4.78. The van der Waals surface area contributed by atoms with E-state index in [-0.39, 0.29) is 0 Å². The number of para-hydroxylation sites is 1. The predicted molar refractivity (Wildman–Crippen MR) is 79.0 cm³/mol. The summed E-state index contributed by atoms with van der Waals surface area (Å²) in [5.74, 6) is 1.02. The average Bonchev–Trinajstić information content (AvgIpc) is 2.78. The summed E-state index contributed by atoms with van der Waals surface area (Å²) in [6.07, 6.45) is 1.76. The highest BCUT2D eigenvalue weighted by atomic mass is 35.5. The average molecular weight is 289 g/mol. The van der Waals surface area contributed by atoms with Gasteiger partial charge in [0.2, 0.25) is 11.8 Å². The van der Waals surface area contributed by atoms with Crippen LogP contribution in [0.15, 0.2) is 36.5 Å². The maximum absolute atomic E-state index is 6.12. The first-order chi connectivity index (χ1) is 9.69. The van der Waals surface area contributed by atoms with Gasteiger partial charge >= 0.3 is 0 Å². The molecule has 0 spiro atoms. The fourth-order valence-electron chi connectivity index (χ4n) is 2.10. The maximum Gasteiger partial charge on any atom is 0.212 e. The smallest absolute Gasteiger partial charge is 0.212 e. The number of aromatic nitrogens is 3. The molecule has 3 rings (SSSR count). The van der Waals surface area contributed by atoms with E-state index in [1.165, 1.54) is 0 Å². The Morgan fingerprint density at radius 2 is 2.15 bits per heavy atom. The van der Waals surface area contributed by atoms with Crippen molar-refractivity contribution in [2.75, 3.05) is 12.8 Å². The number of fused-ring (bicyclic) bond motifs is 1. The summed E-state index contributed by atoms with van der Waals surface area (Å²) in [7, 11) is 1.59. The lowest BCUT2D eigenvalue weighted by atomic mass is 10.2. The lowest BCUT2D eigenvalue weighted by Gasteiger charge is -2.07. The van der Waals surface area contributed by atoms with Crippen LogP contribution < -0.4 is 10.5 Å². The molecule has 0 fully saturated rings. The number of imidazole rings is 1. The van der Waals surface area contributed by atoms with Crippen LogP contribution in [0.1, 0.15) is 5.56 Å². The zero-order valence-corrected chi connectivity index (χ0v) is 11.6. The molecule has 0 atom stereocenters. The summed E-state index contributed by atoms with van der Waals surface area (Å²) in [5, 5.41) is 0.598. The molecule has 0 aliphatic rings. The molecule has 2 heterocycles. The Labute approximate surface area is 121 Å². The van der Waals surface area contributed by atoms with Crippen LogP contribution in [-0.4, -0.2) is 21.6 Å². The third-order valence-corrected chi connectivity index (χ3v) is 3.41. The quantitative estimate of drug-likeness (QED) is 0.805. The predicted octanol–water partition coefficient (Wildman–Crippen LogP) is 2.72. The van der Waals surface area contributed by atoms with Gasteiger partial charge in [-0.05, 0) is 17.7 Å². The molecule has 3 aromatic rings. The Morgan fingerprint density at radius 3 is 2.85 bits per heavy atom. The first-order valence-electron chi connectivity index (χ1n) is 6.08. The fourth-order valence-corrected chi connectivity index (χ4v) is 2.32. The summed E-state index contributed by atoms with van der Waals surface area (Å²) < 4.78 is 6.95. The van der Waals surface area contributed by atoms with E-state index in [0.717, 1.165) is 11.1 Å². The molecule has 0 radical (unpaired) electrons. The van der Waals surface area contributed by atoms with Crippen LogP contribution in [0.5, 0.6) is 5.88 Å². The van der Waals surface area contributed by atoms with E-state index in [4.69, 9.17) is 22.1 Å². The number of rotatable bonds is 3. The van der Waals surface area contributed by atoms with Crippen LogP contribution in [0.2, 0.25) is 5.02 Å². The van der Waals surface area contributed by atoms with Crippen LogP contribution in [0.25, 0.3) is 11.0 Å². The number of methoxy groups -OCH3 is 1. The second kappa shape index (κ2) is 5.02. The summed E-state index contributed by atoms with van der Waals surface area (Å²) in [6.45, 7) is 0.583. The monoisotopic (exact) mass is 288 g/mol. The fraction of sp³-hybridized carbons (Fsp3) is 0.143.